The van der Waals surface area contributed by atoms with Crippen molar-refractivity contribution in [2.24, 2.45) is 0 Å². The average Bonchev–Trinajstić information content (AvgIpc) is 2.85. The zero-order valence-corrected chi connectivity index (χ0v) is 20.9. The number of carbonyl (C=O) groups excluding carboxylic acids is 1. The van der Waals surface area contributed by atoms with Crippen LogP contribution in [0.3, 0.4) is 0 Å². The molecule has 2 N–H and O–H groups in total. The number of aromatic amines is 1. The van der Waals surface area contributed by atoms with Crippen molar-refractivity contribution in [3.05, 3.63) is 58.5 Å². The molecule has 0 atom stereocenters. The summed E-state index contributed by atoms with van der Waals surface area (Å²) in [6.45, 7) is 7.42. The summed E-state index contributed by atoms with van der Waals surface area (Å²) in [5.41, 5.74) is 0.785. The van der Waals surface area contributed by atoms with Crippen LogP contribution in [0.15, 0.2) is 52.2 Å². The first-order valence-electron chi connectivity index (χ1n) is 11.6. The Hall–Kier alpha value is -3.28. The number of hydrogen-bond acceptors (Lipinski definition) is 7. The first-order valence-corrected chi connectivity index (χ1v) is 13.1. The maximum absolute atomic E-state index is 13.4. The standard InChI is InChI=1S/C24H30N6O4S/c1-4-30(5-2)35(33,34)17-10-11-21(29-14-12-28(3)13-15-29)20(16-17)25-24(32)22-18-8-6-7-9-19(18)23(31)27-26-22/h6-11,16H,4-5,12-15H2,1-3H3,(H,25,32)(H,27,31). The highest BCUT2D eigenvalue weighted by molar-refractivity contribution is 7.89. The highest BCUT2D eigenvalue weighted by Crippen LogP contribution is 2.31. The molecule has 186 valence electrons. The molecule has 3 aromatic rings. The van der Waals surface area contributed by atoms with Crippen molar-refractivity contribution in [1.82, 2.24) is 19.4 Å². The van der Waals surface area contributed by atoms with Crippen LogP contribution in [-0.4, -0.2) is 80.0 Å². The van der Waals surface area contributed by atoms with E-state index in [9.17, 15) is 18.0 Å². The Morgan fingerprint density at radius 3 is 2.37 bits per heavy atom. The Bertz CT molecular complexity index is 1390. The van der Waals surface area contributed by atoms with E-state index in [2.05, 4.69) is 25.3 Å². The molecule has 0 saturated carbocycles. The normalized spacial score (nSPS) is 15.0. The summed E-state index contributed by atoms with van der Waals surface area (Å²) in [7, 11) is -1.68. The number of aromatic nitrogens is 2. The summed E-state index contributed by atoms with van der Waals surface area (Å²) in [4.78, 5) is 29.9. The number of benzene rings is 2. The van der Waals surface area contributed by atoms with Gasteiger partial charge >= 0.3 is 0 Å². The second-order valence-electron chi connectivity index (χ2n) is 8.46. The lowest BCUT2D eigenvalue weighted by molar-refractivity contribution is 0.102. The smallest absolute Gasteiger partial charge is 0.276 e. The van der Waals surface area contributed by atoms with E-state index >= 15 is 0 Å². The molecule has 11 heteroatoms. The zero-order valence-electron chi connectivity index (χ0n) is 20.1. The number of carbonyl (C=O) groups is 1. The minimum absolute atomic E-state index is 0.0570. The number of fused-ring (bicyclic) bond motifs is 1. The van der Waals surface area contributed by atoms with Gasteiger partial charge in [-0.25, -0.2) is 13.5 Å². The number of sulfonamides is 1. The Kier molecular flexibility index (Phi) is 7.20. The average molecular weight is 499 g/mol. The maximum atomic E-state index is 13.4. The van der Waals surface area contributed by atoms with E-state index in [0.29, 0.717) is 29.5 Å². The number of likely N-dealkylation sites (N-methyl/N-ethyl adjacent to an activating group) is 1. The number of rotatable bonds is 7. The summed E-state index contributed by atoms with van der Waals surface area (Å²) < 4.78 is 27.7. The van der Waals surface area contributed by atoms with Gasteiger partial charge < -0.3 is 15.1 Å². The van der Waals surface area contributed by atoms with Gasteiger partial charge in [0.15, 0.2) is 5.69 Å². The fourth-order valence-corrected chi connectivity index (χ4v) is 5.77. The Balaban J connectivity index is 1.77. The molecule has 0 bridgehead atoms. The molecule has 35 heavy (non-hydrogen) atoms. The fraction of sp³-hybridized carbons (Fsp3) is 0.375. The SMILES string of the molecule is CCN(CC)S(=O)(=O)c1ccc(N2CCN(C)CC2)c(NC(=O)c2n[nH]c(=O)c3ccccc23)c1. The Morgan fingerprint density at radius 1 is 1.06 bits per heavy atom. The number of amides is 1. The van der Waals surface area contributed by atoms with E-state index in [1.165, 1.54) is 10.4 Å². The highest BCUT2D eigenvalue weighted by Gasteiger charge is 2.26. The Labute approximate surface area is 204 Å². The topological polar surface area (TPSA) is 119 Å². The van der Waals surface area contributed by atoms with E-state index in [-0.39, 0.29) is 16.1 Å². The summed E-state index contributed by atoms with van der Waals surface area (Å²) in [5.74, 6) is -0.537. The van der Waals surface area contributed by atoms with Crippen LogP contribution in [0.2, 0.25) is 0 Å². The van der Waals surface area contributed by atoms with Gasteiger partial charge in [-0.2, -0.15) is 9.40 Å². The van der Waals surface area contributed by atoms with Gasteiger partial charge in [-0.15, -0.1) is 0 Å². The number of hydrogen-bond donors (Lipinski definition) is 2. The molecular formula is C24H30N6O4S. The first kappa shape index (κ1) is 24.8. The molecule has 0 radical (unpaired) electrons. The summed E-state index contributed by atoms with van der Waals surface area (Å²) in [6, 6.07) is 11.6. The van der Waals surface area contributed by atoms with Crippen LogP contribution in [-0.2, 0) is 10.0 Å². The van der Waals surface area contributed by atoms with E-state index in [1.807, 2.05) is 7.05 Å². The Morgan fingerprint density at radius 2 is 1.71 bits per heavy atom. The van der Waals surface area contributed by atoms with Gasteiger partial charge in [0, 0.05) is 44.7 Å². The van der Waals surface area contributed by atoms with Crippen molar-refractivity contribution >= 4 is 38.1 Å². The minimum Gasteiger partial charge on any atom is -0.367 e. The van der Waals surface area contributed by atoms with Crippen molar-refractivity contribution in [2.75, 3.05) is 56.5 Å². The van der Waals surface area contributed by atoms with Crippen LogP contribution in [0.25, 0.3) is 10.8 Å². The second kappa shape index (κ2) is 10.1. The monoisotopic (exact) mass is 498 g/mol. The van der Waals surface area contributed by atoms with Crippen LogP contribution in [0.5, 0.6) is 0 Å². The molecule has 1 amide bonds. The molecule has 1 aromatic heterocycles. The lowest BCUT2D eigenvalue weighted by Crippen LogP contribution is -2.44. The molecule has 2 heterocycles. The third kappa shape index (κ3) is 4.93. The van der Waals surface area contributed by atoms with Gasteiger partial charge in [-0.3, -0.25) is 9.59 Å². The summed E-state index contributed by atoms with van der Waals surface area (Å²) in [6.07, 6.45) is 0. The molecule has 0 unspecified atom stereocenters. The van der Waals surface area contributed by atoms with Crippen LogP contribution in [0.4, 0.5) is 11.4 Å². The molecule has 1 saturated heterocycles. The van der Waals surface area contributed by atoms with Crippen molar-refractivity contribution in [2.45, 2.75) is 18.7 Å². The quantitative estimate of drug-likeness (QED) is 0.511. The number of nitrogens with zero attached hydrogens (tertiary/aromatic N) is 4. The minimum atomic E-state index is -3.73. The van der Waals surface area contributed by atoms with Crippen LogP contribution in [0, 0.1) is 0 Å². The highest BCUT2D eigenvalue weighted by atomic mass is 32.2. The van der Waals surface area contributed by atoms with E-state index < -0.39 is 15.9 Å². The maximum Gasteiger partial charge on any atom is 0.276 e. The van der Waals surface area contributed by atoms with Gasteiger partial charge in [0.1, 0.15) is 0 Å². The molecule has 0 spiro atoms. The molecule has 1 fully saturated rings. The second-order valence-corrected chi connectivity index (χ2v) is 10.4. The molecule has 0 aliphatic carbocycles. The van der Waals surface area contributed by atoms with Gasteiger partial charge in [0.2, 0.25) is 10.0 Å². The van der Waals surface area contributed by atoms with Gasteiger partial charge in [-0.1, -0.05) is 32.0 Å². The molecule has 4 rings (SSSR count). The molecule has 1 aliphatic heterocycles. The van der Waals surface area contributed by atoms with Crippen molar-refractivity contribution in [1.29, 1.82) is 0 Å². The van der Waals surface area contributed by atoms with Crippen molar-refractivity contribution in [3.63, 3.8) is 0 Å². The van der Waals surface area contributed by atoms with E-state index in [4.69, 9.17) is 0 Å². The third-order valence-electron chi connectivity index (χ3n) is 6.31. The van der Waals surface area contributed by atoms with Crippen LogP contribution < -0.4 is 15.8 Å². The molecule has 10 nitrogen and oxygen atoms in total. The predicted molar refractivity (Wildman–Crippen MR) is 137 cm³/mol. The molecule has 2 aromatic carbocycles. The van der Waals surface area contributed by atoms with E-state index in [1.54, 1.807) is 50.2 Å². The number of piperazine rings is 1. The van der Waals surface area contributed by atoms with E-state index in [0.717, 1.165) is 31.9 Å². The third-order valence-corrected chi connectivity index (χ3v) is 8.36. The summed E-state index contributed by atoms with van der Waals surface area (Å²) in [5, 5.41) is 10.0. The van der Waals surface area contributed by atoms with Gasteiger partial charge in [-0.05, 0) is 31.3 Å². The largest absolute Gasteiger partial charge is 0.367 e. The number of nitrogens with one attached hydrogen (secondary N) is 2. The summed E-state index contributed by atoms with van der Waals surface area (Å²) >= 11 is 0. The lowest BCUT2D eigenvalue weighted by atomic mass is 10.1. The van der Waals surface area contributed by atoms with Crippen molar-refractivity contribution < 1.29 is 13.2 Å². The zero-order chi connectivity index (χ0) is 25.2. The van der Waals surface area contributed by atoms with Gasteiger partial charge in [0.25, 0.3) is 11.5 Å². The van der Waals surface area contributed by atoms with Crippen LogP contribution in [0.1, 0.15) is 24.3 Å². The van der Waals surface area contributed by atoms with Crippen molar-refractivity contribution in [3.8, 4) is 0 Å². The molecular weight excluding hydrogens is 468 g/mol. The fourth-order valence-electron chi connectivity index (χ4n) is 4.28. The molecule has 1 aliphatic rings. The first-order chi connectivity index (χ1) is 16.8. The number of anilines is 2. The van der Waals surface area contributed by atoms with Crippen LogP contribution >= 0.6 is 0 Å². The predicted octanol–water partition coefficient (Wildman–Crippen LogP) is 1.96. The lowest BCUT2D eigenvalue weighted by Gasteiger charge is -2.35. The van der Waals surface area contributed by atoms with Gasteiger partial charge in [0.05, 0.1) is 21.7 Å². The number of H-pyrrole nitrogens is 1.